The van der Waals surface area contributed by atoms with Crippen LogP contribution in [0.2, 0.25) is 0 Å². The minimum absolute atomic E-state index is 0.197. The van der Waals surface area contributed by atoms with E-state index in [1.807, 2.05) is 25.3 Å². The van der Waals surface area contributed by atoms with Crippen LogP contribution < -0.4 is 10.6 Å². The molecule has 0 saturated carbocycles. The highest BCUT2D eigenvalue weighted by atomic mass is 16.5. The smallest absolute Gasteiger partial charge is 0.337 e. The van der Waals surface area contributed by atoms with Crippen LogP contribution in [-0.4, -0.2) is 40.0 Å². The van der Waals surface area contributed by atoms with E-state index in [9.17, 15) is 14.4 Å². The number of esters is 1. The first kappa shape index (κ1) is 20.6. The maximum Gasteiger partial charge on any atom is 0.337 e. The molecule has 0 aliphatic carbocycles. The van der Waals surface area contributed by atoms with Crippen molar-refractivity contribution in [3.63, 3.8) is 0 Å². The zero-order chi connectivity index (χ0) is 21.2. The number of fused-ring (bicyclic) bond motifs is 1. The summed E-state index contributed by atoms with van der Waals surface area (Å²) in [5.74, 6) is -0.998. The Kier molecular flexibility index (Phi) is 5.72. The number of carbonyl (C=O) groups is 3. The van der Waals surface area contributed by atoms with Crippen LogP contribution in [0.1, 0.15) is 70.8 Å². The number of carbonyl (C=O) groups excluding carboxylic acids is 3. The first-order valence-electron chi connectivity index (χ1n) is 9.61. The fraction of sp³-hybridized carbons (Fsp3) is 0.429. The number of rotatable bonds is 4. The van der Waals surface area contributed by atoms with Crippen molar-refractivity contribution >= 4 is 23.5 Å². The summed E-state index contributed by atoms with van der Waals surface area (Å²) in [5, 5.41) is 5.68. The third kappa shape index (κ3) is 4.64. The van der Waals surface area contributed by atoms with Crippen LogP contribution in [-0.2, 0) is 17.7 Å². The van der Waals surface area contributed by atoms with Crippen molar-refractivity contribution in [2.45, 2.75) is 52.1 Å². The van der Waals surface area contributed by atoms with Gasteiger partial charge in [-0.15, -0.1) is 0 Å². The largest absolute Gasteiger partial charge is 0.465 e. The lowest BCUT2D eigenvalue weighted by Crippen LogP contribution is -2.41. The average Bonchev–Trinajstić information content (AvgIpc) is 3.06. The minimum Gasteiger partial charge on any atom is -0.465 e. The Hall–Kier alpha value is -3.16. The van der Waals surface area contributed by atoms with E-state index in [4.69, 9.17) is 4.74 Å². The van der Waals surface area contributed by atoms with Crippen molar-refractivity contribution in [1.82, 2.24) is 14.9 Å². The molecule has 0 spiro atoms. The predicted molar refractivity (Wildman–Crippen MR) is 108 cm³/mol. The molecule has 1 aromatic carbocycles. The summed E-state index contributed by atoms with van der Waals surface area (Å²) in [7, 11) is 1.30. The molecular formula is C21H26N4O4. The van der Waals surface area contributed by atoms with Crippen LogP contribution in [0.25, 0.3) is 0 Å². The molecule has 154 valence electrons. The summed E-state index contributed by atoms with van der Waals surface area (Å²) in [6.07, 6.45) is 2.57. The van der Waals surface area contributed by atoms with E-state index in [-0.39, 0.29) is 11.7 Å². The molecule has 8 heteroatoms. The van der Waals surface area contributed by atoms with Gasteiger partial charge in [0.05, 0.1) is 18.4 Å². The van der Waals surface area contributed by atoms with Gasteiger partial charge in [0.15, 0.2) is 5.82 Å². The van der Waals surface area contributed by atoms with Crippen LogP contribution in [0.15, 0.2) is 24.3 Å². The summed E-state index contributed by atoms with van der Waals surface area (Å²) in [6.45, 7) is 6.33. The maximum absolute atomic E-state index is 12.9. The number of anilines is 1. The highest BCUT2D eigenvalue weighted by molar-refractivity contribution is 6.04. The molecule has 2 amide bonds. The lowest BCUT2D eigenvalue weighted by atomic mass is 10.1. The Bertz CT molecular complexity index is 956. The molecule has 8 nitrogen and oxygen atoms in total. The Labute approximate surface area is 169 Å². The van der Waals surface area contributed by atoms with Crippen LogP contribution >= 0.6 is 0 Å². The molecule has 0 atom stereocenters. The van der Waals surface area contributed by atoms with Gasteiger partial charge in [0.25, 0.3) is 11.8 Å². The topological polar surface area (TPSA) is 102 Å². The lowest BCUT2D eigenvalue weighted by Gasteiger charge is -2.21. The van der Waals surface area contributed by atoms with E-state index < -0.39 is 17.4 Å². The van der Waals surface area contributed by atoms with E-state index in [1.165, 1.54) is 13.2 Å². The van der Waals surface area contributed by atoms with Gasteiger partial charge in [-0.1, -0.05) is 6.07 Å². The number of hydrogen-bond donors (Lipinski definition) is 2. The number of hydrogen-bond acceptors (Lipinski definition) is 5. The SMILES string of the molecule is COC(=O)c1cccc(NC(=O)c2nc(C(=O)NC(C)(C)C)c3n2CCCC3)c1. The number of amides is 2. The van der Waals surface area contributed by atoms with E-state index in [1.54, 1.807) is 18.2 Å². The summed E-state index contributed by atoms with van der Waals surface area (Å²) in [4.78, 5) is 41.7. The van der Waals surface area contributed by atoms with Crippen molar-refractivity contribution in [2.75, 3.05) is 12.4 Å². The summed E-state index contributed by atoms with van der Waals surface area (Å²) >= 11 is 0. The number of imidazole rings is 1. The quantitative estimate of drug-likeness (QED) is 0.771. The highest BCUT2D eigenvalue weighted by Crippen LogP contribution is 2.23. The average molecular weight is 398 g/mol. The monoisotopic (exact) mass is 398 g/mol. The fourth-order valence-electron chi connectivity index (χ4n) is 3.33. The van der Waals surface area contributed by atoms with E-state index >= 15 is 0 Å². The molecule has 0 saturated heterocycles. The van der Waals surface area contributed by atoms with Gasteiger partial charge in [0.1, 0.15) is 5.69 Å². The minimum atomic E-state index is -0.486. The van der Waals surface area contributed by atoms with Crippen molar-refractivity contribution < 1.29 is 19.1 Å². The molecule has 2 heterocycles. The molecule has 0 bridgehead atoms. The Morgan fingerprint density at radius 2 is 1.90 bits per heavy atom. The third-order valence-electron chi connectivity index (χ3n) is 4.57. The molecule has 2 aromatic rings. The van der Waals surface area contributed by atoms with Gasteiger partial charge in [-0.3, -0.25) is 9.59 Å². The standard InChI is InChI=1S/C21H26N4O4/c1-21(2,3)24-18(26)16-15-10-5-6-11-25(15)17(23-16)19(27)22-14-9-7-8-13(12-14)20(28)29-4/h7-9,12H,5-6,10-11H2,1-4H3,(H,22,27)(H,24,26). The second-order valence-corrected chi connectivity index (χ2v) is 8.07. The van der Waals surface area contributed by atoms with Gasteiger partial charge in [0, 0.05) is 17.8 Å². The zero-order valence-corrected chi connectivity index (χ0v) is 17.2. The molecule has 29 heavy (non-hydrogen) atoms. The van der Waals surface area contributed by atoms with Gasteiger partial charge in [-0.05, 0) is 58.2 Å². The number of nitrogens with zero attached hydrogens (tertiary/aromatic N) is 2. The van der Waals surface area contributed by atoms with Gasteiger partial charge >= 0.3 is 5.97 Å². The molecule has 0 radical (unpaired) electrons. The normalized spacial score (nSPS) is 13.4. The maximum atomic E-state index is 12.9. The molecule has 0 unspecified atom stereocenters. The number of ether oxygens (including phenoxy) is 1. The molecule has 2 N–H and O–H groups in total. The van der Waals surface area contributed by atoms with Gasteiger partial charge < -0.3 is 19.9 Å². The fourth-order valence-corrected chi connectivity index (χ4v) is 3.33. The van der Waals surface area contributed by atoms with E-state index in [0.717, 1.165) is 18.5 Å². The van der Waals surface area contributed by atoms with Crippen LogP contribution in [0.5, 0.6) is 0 Å². The van der Waals surface area contributed by atoms with Crippen molar-refractivity contribution in [3.8, 4) is 0 Å². The van der Waals surface area contributed by atoms with Gasteiger partial charge in [-0.2, -0.15) is 0 Å². The summed E-state index contributed by atoms with van der Waals surface area (Å²) < 4.78 is 6.53. The van der Waals surface area contributed by atoms with Crippen LogP contribution in [0.4, 0.5) is 5.69 Å². The second-order valence-electron chi connectivity index (χ2n) is 8.07. The van der Waals surface area contributed by atoms with Crippen molar-refractivity contribution in [2.24, 2.45) is 0 Å². The summed E-state index contributed by atoms with van der Waals surface area (Å²) in [5.41, 5.74) is 1.46. The summed E-state index contributed by atoms with van der Waals surface area (Å²) in [6, 6.07) is 6.48. The first-order chi connectivity index (χ1) is 13.7. The first-order valence-corrected chi connectivity index (χ1v) is 9.61. The molecular weight excluding hydrogens is 372 g/mol. The lowest BCUT2D eigenvalue weighted by molar-refractivity contribution is 0.0600. The third-order valence-corrected chi connectivity index (χ3v) is 4.57. The van der Waals surface area contributed by atoms with Gasteiger partial charge in [0.2, 0.25) is 0 Å². The molecule has 3 rings (SSSR count). The zero-order valence-electron chi connectivity index (χ0n) is 17.2. The Morgan fingerprint density at radius 3 is 2.59 bits per heavy atom. The number of benzene rings is 1. The number of nitrogens with one attached hydrogen (secondary N) is 2. The second kappa shape index (κ2) is 8.06. The molecule has 1 aromatic heterocycles. The Morgan fingerprint density at radius 1 is 1.14 bits per heavy atom. The van der Waals surface area contributed by atoms with E-state index in [0.29, 0.717) is 29.9 Å². The van der Waals surface area contributed by atoms with Crippen LogP contribution in [0, 0.1) is 0 Å². The highest BCUT2D eigenvalue weighted by Gasteiger charge is 2.29. The Balaban J connectivity index is 1.89. The van der Waals surface area contributed by atoms with Crippen molar-refractivity contribution in [1.29, 1.82) is 0 Å². The molecule has 1 aliphatic rings. The predicted octanol–water partition coefficient (Wildman–Crippen LogP) is 2.79. The van der Waals surface area contributed by atoms with Gasteiger partial charge in [-0.25, -0.2) is 9.78 Å². The van der Waals surface area contributed by atoms with Crippen molar-refractivity contribution in [3.05, 3.63) is 47.0 Å². The number of aromatic nitrogens is 2. The van der Waals surface area contributed by atoms with Crippen LogP contribution in [0.3, 0.4) is 0 Å². The molecule has 0 fully saturated rings. The molecule has 1 aliphatic heterocycles. The van der Waals surface area contributed by atoms with E-state index in [2.05, 4.69) is 15.6 Å². The number of methoxy groups -OCH3 is 1.